The van der Waals surface area contributed by atoms with Crippen LogP contribution in [0, 0.1) is 12.3 Å². The smallest absolute Gasteiger partial charge is 0.0659 e. The van der Waals surface area contributed by atoms with Crippen LogP contribution in [0.1, 0.15) is 36.1 Å². The van der Waals surface area contributed by atoms with Crippen LogP contribution >= 0.6 is 0 Å². The van der Waals surface area contributed by atoms with E-state index in [1.807, 2.05) is 10.7 Å². The third-order valence-electron chi connectivity index (χ3n) is 6.08. The number of piperidine rings is 1. The number of aliphatic hydroxyl groups excluding tert-OH is 1. The minimum absolute atomic E-state index is 0.0183. The molecule has 5 heteroatoms. The van der Waals surface area contributed by atoms with Gasteiger partial charge in [0.2, 0.25) is 0 Å². The van der Waals surface area contributed by atoms with Gasteiger partial charge >= 0.3 is 0 Å². The number of hydrogen-bond acceptors (Lipinski definition) is 4. The van der Waals surface area contributed by atoms with Gasteiger partial charge in [-0.2, -0.15) is 5.10 Å². The Balaban J connectivity index is 1.44. The summed E-state index contributed by atoms with van der Waals surface area (Å²) >= 11 is 0. The molecule has 0 amide bonds. The maximum atomic E-state index is 10.6. The molecular weight excluding hydrogens is 326 g/mol. The quantitative estimate of drug-likeness (QED) is 0.916. The van der Waals surface area contributed by atoms with E-state index in [1.54, 1.807) is 0 Å². The number of ether oxygens (including phenoxy) is 1. The fourth-order valence-electron chi connectivity index (χ4n) is 4.45. The highest BCUT2D eigenvalue weighted by molar-refractivity contribution is 5.19. The van der Waals surface area contributed by atoms with Gasteiger partial charge in [-0.05, 0) is 31.7 Å². The average Bonchev–Trinajstić information content (AvgIpc) is 2.99. The zero-order valence-electron chi connectivity index (χ0n) is 15.6. The number of benzene rings is 1. The van der Waals surface area contributed by atoms with Gasteiger partial charge in [-0.15, -0.1) is 0 Å². The van der Waals surface area contributed by atoms with Crippen molar-refractivity contribution in [3.8, 4) is 0 Å². The Labute approximate surface area is 155 Å². The van der Waals surface area contributed by atoms with Crippen LogP contribution in [0.5, 0.6) is 0 Å². The number of hydrogen-bond donors (Lipinski definition) is 1. The second-order valence-electron chi connectivity index (χ2n) is 7.91. The molecular formula is C21H29N3O2. The van der Waals surface area contributed by atoms with Crippen molar-refractivity contribution >= 4 is 0 Å². The van der Waals surface area contributed by atoms with E-state index in [0.717, 1.165) is 64.3 Å². The summed E-state index contributed by atoms with van der Waals surface area (Å²) in [7, 11) is 0. The number of nitrogens with zero attached hydrogens (tertiary/aromatic N) is 3. The lowest BCUT2D eigenvalue weighted by Crippen LogP contribution is -2.53. The van der Waals surface area contributed by atoms with Crippen molar-refractivity contribution < 1.29 is 9.84 Å². The number of rotatable bonds is 4. The van der Waals surface area contributed by atoms with E-state index in [9.17, 15) is 5.11 Å². The summed E-state index contributed by atoms with van der Waals surface area (Å²) in [6, 6.07) is 10.5. The molecule has 2 aromatic rings. The molecule has 0 radical (unpaired) electrons. The maximum Gasteiger partial charge on any atom is 0.0659 e. The zero-order chi connectivity index (χ0) is 18.0. The average molecular weight is 355 g/mol. The first-order valence-electron chi connectivity index (χ1n) is 9.70. The van der Waals surface area contributed by atoms with Crippen LogP contribution in [0.2, 0.25) is 0 Å². The summed E-state index contributed by atoms with van der Waals surface area (Å²) in [4.78, 5) is 2.49. The lowest BCUT2D eigenvalue weighted by Gasteiger charge is -2.48. The lowest BCUT2D eigenvalue weighted by molar-refractivity contribution is -0.105. The monoisotopic (exact) mass is 355 g/mol. The fraction of sp³-hybridized carbons (Fsp3) is 0.571. The normalized spacial score (nSPS) is 23.4. The Morgan fingerprint density at radius 1 is 1.19 bits per heavy atom. The minimum Gasteiger partial charge on any atom is -0.392 e. The van der Waals surface area contributed by atoms with Crippen molar-refractivity contribution in [3.05, 3.63) is 53.3 Å². The van der Waals surface area contributed by atoms with Gasteiger partial charge in [-0.25, -0.2) is 0 Å². The summed E-state index contributed by atoms with van der Waals surface area (Å²) in [6.07, 6.45) is 4.79. The second-order valence-corrected chi connectivity index (χ2v) is 7.91. The first-order chi connectivity index (χ1) is 12.6. The van der Waals surface area contributed by atoms with Crippen molar-refractivity contribution in [2.45, 2.75) is 45.4 Å². The SMILES string of the molecule is Cc1nn(Cc2ccccc2)cc1CN1CCC(O)C2(CCOCC2)C1. The van der Waals surface area contributed by atoms with E-state index in [0.29, 0.717) is 0 Å². The van der Waals surface area contributed by atoms with Crippen LogP contribution in [0.15, 0.2) is 36.5 Å². The molecule has 26 heavy (non-hydrogen) atoms. The molecule has 1 unspecified atom stereocenters. The van der Waals surface area contributed by atoms with Crippen LogP contribution in [0.4, 0.5) is 0 Å². The summed E-state index contributed by atoms with van der Waals surface area (Å²) < 4.78 is 7.58. The molecule has 1 N–H and O–H groups in total. The molecule has 3 heterocycles. The molecule has 1 aromatic carbocycles. The van der Waals surface area contributed by atoms with Gasteiger partial charge in [-0.3, -0.25) is 9.58 Å². The van der Waals surface area contributed by atoms with Crippen molar-refractivity contribution in [1.82, 2.24) is 14.7 Å². The van der Waals surface area contributed by atoms with Crippen LogP contribution in [0.3, 0.4) is 0 Å². The largest absolute Gasteiger partial charge is 0.392 e. The topological polar surface area (TPSA) is 50.5 Å². The van der Waals surface area contributed by atoms with Crippen LogP contribution < -0.4 is 0 Å². The van der Waals surface area contributed by atoms with Gasteiger partial charge in [0.15, 0.2) is 0 Å². The molecule has 2 aliphatic heterocycles. The predicted molar refractivity (Wildman–Crippen MR) is 101 cm³/mol. The highest BCUT2D eigenvalue weighted by Gasteiger charge is 2.43. The summed E-state index contributed by atoms with van der Waals surface area (Å²) in [6.45, 7) is 7.28. The molecule has 0 saturated carbocycles. The summed E-state index contributed by atoms with van der Waals surface area (Å²) in [5.41, 5.74) is 3.68. The van der Waals surface area contributed by atoms with E-state index >= 15 is 0 Å². The van der Waals surface area contributed by atoms with Gasteiger partial charge in [-0.1, -0.05) is 30.3 Å². The van der Waals surface area contributed by atoms with Crippen LogP contribution in [-0.2, 0) is 17.8 Å². The van der Waals surface area contributed by atoms with Gasteiger partial charge in [0, 0.05) is 50.0 Å². The van der Waals surface area contributed by atoms with E-state index < -0.39 is 0 Å². The van der Waals surface area contributed by atoms with Crippen molar-refractivity contribution in [1.29, 1.82) is 0 Å². The molecule has 1 aromatic heterocycles. The van der Waals surface area contributed by atoms with E-state index in [2.05, 4.69) is 42.3 Å². The Kier molecular flexibility index (Phi) is 5.11. The van der Waals surface area contributed by atoms with E-state index in [1.165, 1.54) is 11.1 Å². The molecule has 4 rings (SSSR count). The molecule has 0 aliphatic carbocycles. The van der Waals surface area contributed by atoms with Crippen molar-refractivity contribution in [2.24, 2.45) is 5.41 Å². The highest BCUT2D eigenvalue weighted by atomic mass is 16.5. The molecule has 2 fully saturated rings. The van der Waals surface area contributed by atoms with Crippen molar-refractivity contribution in [3.63, 3.8) is 0 Å². The highest BCUT2D eigenvalue weighted by Crippen LogP contribution is 2.39. The Morgan fingerprint density at radius 2 is 1.96 bits per heavy atom. The third kappa shape index (κ3) is 3.70. The molecule has 1 spiro atoms. The van der Waals surface area contributed by atoms with Crippen molar-refractivity contribution in [2.75, 3.05) is 26.3 Å². The minimum atomic E-state index is -0.190. The summed E-state index contributed by atoms with van der Waals surface area (Å²) in [5.74, 6) is 0. The Hall–Kier alpha value is -1.69. The summed E-state index contributed by atoms with van der Waals surface area (Å²) in [5, 5.41) is 15.3. The Bertz CT molecular complexity index is 722. The fourth-order valence-corrected chi connectivity index (χ4v) is 4.45. The molecule has 0 bridgehead atoms. The maximum absolute atomic E-state index is 10.6. The first-order valence-corrected chi connectivity index (χ1v) is 9.70. The first kappa shape index (κ1) is 17.7. The van der Waals surface area contributed by atoms with Gasteiger partial charge in [0.1, 0.15) is 0 Å². The van der Waals surface area contributed by atoms with Gasteiger partial charge < -0.3 is 9.84 Å². The van der Waals surface area contributed by atoms with Gasteiger partial charge in [0.25, 0.3) is 0 Å². The zero-order valence-corrected chi connectivity index (χ0v) is 15.6. The van der Waals surface area contributed by atoms with E-state index in [4.69, 9.17) is 9.84 Å². The molecule has 2 aliphatic rings. The molecule has 140 valence electrons. The number of aryl methyl sites for hydroxylation is 1. The Morgan fingerprint density at radius 3 is 2.73 bits per heavy atom. The lowest BCUT2D eigenvalue weighted by atomic mass is 9.71. The number of aliphatic hydroxyl groups is 1. The van der Waals surface area contributed by atoms with E-state index in [-0.39, 0.29) is 11.5 Å². The van der Waals surface area contributed by atoms with Crippen LogP contribution in [0.25, 0.3) is 0 Å². The number of aromatic nitrogens is 2. The van der Waals surface area contributed by atoms with Crippen LogP contribution in [-0.4, -0.2) is 52.2 Å². The predicted octanol–water partition coefficient (Wildman–Crippen LogP) is 2.60. The molecule has 2 saturated heterocycles. The molecule has 5 nitrogen and oxygen atoms in total. The van der Waals surface area contributed by atoms with Gasteiger partial charge in [0.05, 0.1) is 18.3 Å². The third-order valence-corrected chi connectivity index (χ3v) is 6.08. The standard InChI is InChI=1S/C21H29N3O2/c1-17-19(15-24(22-17)13-18-5-3-2-4-6-18)14-23-10-7-20(25)21(16-23)8-11-26-12-9-21/h2-6,15,20,25H,7-14,16H2,1H3. The second kappa shape index (κ2) is 7.51. The number of likely N-dealkylation sites (tertiary alicyclic amines) is 1. The molecule has 1 atom stereocenters.